The molecule has 5 heteroatoms. The normalized spacial score (nSPS) is 13.7. The molecule has 2 N–H and O–H groups in total. The minimum atomic E-state index is -1.30. The molecule has 0 bridgehead atoms. The summed E-state index contributed by atoms with van der Waals surface area (Å²) < 4.78 is 13.3. The Morgan fingerprint density at radius 3 is 2.36 bits per heavy atom. The largest absolute Gasteiger partial charge is 0.687 e. The molecule has 0 unspecified atom stereocenters. The van der Waals surface area contributed by atoms with Crippen molar-refractivity contribution < 1.29 is 14.6 Å². The number of benzene rings is 2. The van der Waals surface area contributed by atoms with E-state index in [1.807, 2.05) is 20.2 Å². The number of aliphatic hydroxyl groups is 2. The van der Waals surface area contributed by atoms with Crippen LogP contribution in [0.1, 0.15) is 29.5 Å². The summed E-state index contributed by atoms with van der Waals surface area (Å²) in [5.74, 6) is -0.345. The Labute approximate surface area is 148 Å². The van der Waals surface area contributed by atoms with Gasteiger partial charge in [0.2, 0.25) is 0 Å². The molecule has 0 aliphatic carbocycles. The van der Waals surface area contributed by atoms with Gasteiger partial charge in [-0.1, -0.05) is 30.3 Å². The van der Waals surface area contributed by atoms with Crippen molar-refractivity contribution in [3.63, 3.8) is 0 Å². The van der Waals surface area contributed by atoms with Gasteiger partial charge in [0.25, 0.3) is 0 Å². The van der Waals surface area contributed by atoms with Gasteiger partial charge < -0.3 is 20.4 Å². The molecule has 0 fully saturated rings. The van der Waals surface area contributed by atoms with Crippen molar-refractivity contribution in [1.82, 2.24) is 4.90 Å². The van der Waals surface area contributed by atoms with Gasteiger partial charge >= 0.3 is 0 Å². The van der Waals surface area contributed by atoms with Gasteiger partial charge in [-0.15, -0.1) is 12.7 Å². The van der Waals surface area contributed by atoms with Gasteiger partial charge in [0.15, 0.2) is 0 Å². The highest BCUT2D eigenvalue weighted by atomic mass is 19.1. The predicted octanol–water partition coefficient (Wildman–Crippen LogP) is 3.53. The van der Waals surface area contributed by atoms with E-state index in [0.29, 0.717) is 23.1 Å². The van der Waals surface area contributed by atoms with E-state index < -0.39 is 5.60 Å². The maximum atomic E-state index is 13.3. The van der Waals surface area contributed by atoms with Crippen LogP contribution >= 0.6 is 0 Å². The van der Waals surface area contributed by atoms with E-state index in [9.17, 15) is 14.6 Å². The Morgan fingerprint density at radius 1 is 1.12 bits per heavy atom. The molecule has 0 aliphatic heterocycles. The Morgan fingerprint density at radius 2 is 1.80 bits per heavy atom. The average Bonchev–Trinajstić information content (AvgIpc) is 2.61. The third-order valence-electron chi connectivity index (χ3n) is 4.43. The first-order chi connectivity index (χ1) is 11.9. The molecular weight excluding hydrogens is 319 g/mol. The SMILES string of the molecule is C[N-]c1ccc([C@](O)(CCCN(C)C)c2ccc(F)cc2)c(CO)c1. The minimum Gasteiger partial charge on any atom is -0.687 e. The number of rotatable bonds is 8. The molecule has 2 rings (SSSR count). The topological polar surface area (TPSA) is 57.8 Å². The molecule has 4 nitrogen and oxygen atoms in total. The number of aliphatic hydroxyl groups excluding tert-OH is 1. The molecule has 0 aliphatic rings. The Kier molecular flexibility index (Phi) is 6.53. The van der Waals surface area contributed by atoms with Crippen LogP contribution in [0.4, 0.5) is 10.1 Å². The maximum Gasteiger partial charge on any atom is 0.123 e. The quantitative estimate of drug-likeness (QED) is 0.769. The van der Waals surface area contributed by atoms with Crippen molar-refractivity contribution in [2.75, 3.05) is 27.7 Å². The number of halogens is 1. The first-order valence-electron chi connectivity index (χ1n) is 8.38. The molecule has 0 amide bonds. The number of hydrogen-bond acceptors (Lipinski definition) is 3. The molecule has 136 valence electrons. The fourth-order valence-electron chi connectivity index (χ4n) is 3.06. The number of hydrogen-bond donors (Lipinski definition) is 2. The second kappa shape index (κ2) is 8.43. The summed E-state index contributed by atoms with van der Waals surface area (Å²) in [5, 5.41) is 25.5. The van der Waals surface area contributed by atoms with Crippen molar-refractivity contribution in [3.8, 4) is 0 Å². The lowest BCUT2D eigenvalue weighted by Crippen LogP contribution is -2.30. The second-order valence-corrected chi connectivity index (χ2v) is 6.50. The van der Waals surface area contributed by atoms with Gasteiger partial charge in [0.05, 0.1) is 6.61 Å². The zero-order valence-electron chi connectivity index (χ0n) is 15.0. The molecule has 2 aromatic rings. The summed E-state index contributed by atoms with van der Waals surface area (Å²) in [4.78, 5) is 2.05. The van der Waals surface area contributed by atoms with Crippen LogP contribution in [-0.2, 0) is 12.2 Å². The van der Waals surface area contributed by atoms with Gasteiger partial charge in [-0.2, -0.15) is 0 Å². The molecule has 0 saturated carbocycles. The summed E-state index contributed by atoms with van der Waals surface area (Å²) in [5.41, 5.74) is 1.31. The van der Waals surface area contributed by atoms with Crippen LogP contribution in [0.25, 0.3) is 5.32 Å². The fraction of sp³-hybridized carbons (Fsp3) is 0.400. The van der Waals surface area contributed by atoms with E-state index in [-0.39, 0.29) is 12.4 Å². The van der Waals surface area contributed by atoms with Crippen LogP contribution in [0, 0.1) is 5.82 Å². The molecule has 0 aromatic heterocycles. The lowest BCUT2D eigenvalue weighted by molar-refractivity contribution is 0.0641. The van der Waals surface area contributed by atoms with Gasteiger partial charge in [0.1, 0.15) is 11.4 Å². The van der Waals surface area contributed by atoms with Gasteiger partial charge in [0, 0.05) is 0 Å². The van der Waals surface area contributed by atoms with Crippen molar-refractivity contribution >= 4 is 5.69 Å². The second-order valence-electron chi connectivity index (χ2n) is 6.50. The predicted molar refractivity (Wildman–Crippen MR) is 98.5 cm³/mol. The van der Waals surface area contributed by atoms with Crippen molar-refractivity contribution in [1.29, 1.82) is 0 Å². The highest BCUT2D eigenvalue weighted by Crippen LogP contribution is 2.38. The smallest absolute Gasteiger partial charge is 0.123 e. The van der Waals surface area contributed by atoms with Gasteiger partial charge in [-0.3, -0.25) is 0 Å². The van der Waals surface area contributed by atoms with Crippen molar-refractivity contribution in [2.24, 2.45) is 0 Å². The summed E-state index contributed by atoms with van der Waals surface area (Å²) in [6.07, 6.45) is 1.22. The molecule has 1 atom stereocenters. The summed E-state index contributed by atoms with van der Waals surface area (Å²) in [6.45, 7) is 0.621. The van der Waals surface area contributed by atoms with Crippen LogP contribution in [0.5, 0.6) is 0 Å². The lowest BCUT2D eigenvalue weighted by Gasteiger charge is -2.33. The third-order valence-corrected chi connectivity index (χ3v) is 4.43. The zero-order valence-corrected chi connectivity index (χ0v) is 15.0. The fourth-order valence-corrected chi connectivity index (χ4v) is 3.06. The summed E-state index contributed by atoms with van der Waals surface area (Å²) in [6, 6.07) is 11.3. The highest BCUT2D eigenvalue weighted by molar-refractivity contribution is 5.54. The monoisotopic (exact) mass is 345 g/mol. The maximum absolute atomic E-state index is 13.3. The summed E-state index contributed by atoms with van der Waals surface area (Å²) >= 11 is 0. The first kappa shape index (κ1) is 19.4. The average molecular weight is 345 g/mol. The third kappa shape index (κ3) is 4.57. The van der Waals surface area contributed by atoms with Gasteiger partial charge in [-0.05, 0) is 62.3 Å². The molecular formula is C20H26FN2O2-. The van der Waals surface area contributed by atoms with E-state index in [4.69, 9.17) is 0 Å². The van der Waals surface area contributed by atoms with E-state index >= 15 is 0 Å². The van der Waals surface area contributed by atoms with Crippen LogP contribution in [0.3, 0.4) is 0 Å². The molecule has 0 radical (unpaired) electrons. The molecule has 0 heterocycles. The standard InChI is InChI=1S/C20H26FN2O2/c1-22-18-9-10-19(15(13-18)14-24)20(25,11-4-12-23(2)3)16-5-7-17(21)8-6-16/h5-10,13,24-25H,4,11-12,14H2,1-3H3/q-1/t20-/m0/s1. The Bertz CT molecular complexity index is 689. The van der Waals surface area contributed by atoms with Crippen LogP contribution < -0.4 is 0 Å². The van der Waals surface area contributed by atoms with E-state index in [1.54, 1.807) is 31.3 Å². The molecule has 25 heavy (non-hydrogen) atoms. The van der Waals surface area contributed by atoms with E-state index in [0.717, 1.165) is 18.7 Å². The van der Waals surface area contributed by atoms with Crippen molar-refractivity contribution in [3.05, 3.63) is 70.3 Å². The molecule has 0 spiro atoms. The molecule has 2 aromatic carbocycles. The van der Waals surface area contributed by atoms with Crippen molar-refractivity contribution in [2.45, 2.75) is 25.0 Å². The van der Waals surface area contributed by atoms with Crippen LogP contribution in [0.2, 0.25) is 0 Å². The van der Waals surface area contributed by atoms with Crippen LogP contribution in [-0.4, -0.2) is 42.8 Å². The lowest BCUT2D eigenvalue weighted by atomic mass is 9.80. The highest BCUT2D eigenvalue weighted by Gasteiger charge is 2.33. The molecule has 0 saturated heterocycles. The van der Waals surface area contributed by atoms with E-state index in [1.165, 1.54) is 12.1 Å². The Hall–Kier alpha value is -1.95. The number of nitrogens with zero attached hydrogens (tertiary/aromatic N) is 2. The Balaban J connectivity index is 2.48. The van der Waals surface area contributed by atoms with Crippen LogP contribution in [0.15, 0.2) is 42.5 Å². The first-order valence-corrected chi connectivity index (χ1v) is 8.38. The minimum absolute atomic E-state index is 0.199. The van der Waals surface area contributed by atoms with Gasteiger partial charge in [-0.25, -0.2) is 4.39 Å². The zero-order chi connectivity index (χ0) is 18.4. The summed E-state index contributed by atoms with van der Waals surface area (Å²) in [7, 11) is 5.64. The van der Waals surface area contributed by atoms with E-state index in [2.05, 4.69) is 10.2 Å².